The number of rotatable bonds is 16. The molecule has 0 aromatic rings. The monoisotopic (exact) mass is 292 g/mol. The van der Waals surface area contributed by atoms with E-state index in [0.717, 1.165) is 5.76 Å². The van der Waals surface area contributed by atoms with Gasteiger partial charge in [0.2, 0.25) is 0 Å². The van der Waals surface area contributed by atoms with E-state index < -0.39 is 0 Å². The first kappa shape index (κ1) is 18.3. The van der Waals surface area contributed by atoms with Gasteiger partial charge in [-0.05, 0) is 18.9 Å². The van der Waals surface area contributed by atoms with Crippen molar-refractivity contribution in [3.8, 4) is 0 Å². The fourth-order valence-corrected chi connectivity index (χ4v) is 2.77. The van der Waals surface area contributed by atoms with Crippen LogP contribution in [-0.4, -0.2) is 0 Å². The van der Waals surface area contributed by atoms with E-state index in [0.29, 0.717) is 0 Å². The van der Waals surface area contributed by atoms with Crippen molar-refractivity contribution in [2.45, 2.75) is 103 Å². The zero-order chi connectivity index (χ0) is 15.0. The van der Waals surface area contributed by atoms with Gasteiger partial charge in [0.05, 0.1) is 0 Å². The van der Waals surface area contributed by atoms with Crippen molar-refractivity contribution >= 4 is 0 Å². The molecule has 21 heavy (non-hydrogen) atoms. The quantitative estimate of drug-likeness (QED) is 0.272. The molecule has 1 heterocycles. The lowest BCUT2D eigenvalue weighted by molar-refractivity contribution is 0.515. The second kappa shape index (κ2) is 14.2. The lowest BCUT2D eigenvalue weighted by Gasteiger charge is -2.02. The van der Waals surface area contributed by atoms with E-state index >= 15 is 0 Å². The summed E-state index contributed by atoms with van der Waals surface area (Å²) in [7, 11) is 0. The molecule has 0 aromatic heterocycles. The zero-order valence-corrected chi connectivity index (χ0v) is 14.2. The highest BCUT2D eigenvalue weighted by Gasteiger charge is 2.02. The van der Waals surface area contributed by atoms with E-state index in [4.69, 9.17) is 4.74 Å². The molecule has 1 heteroatoms. The number of unbranched alkanes of at least 4 members (excludes halogenated alkanes) is 14. The van der Waals surface area contributed by atoms with Crippen molar-refractivity contribution in [1.82, 2.24) is 0 Å². The van der Waals surface area contributed by atoms with E-state index in [2.05, 4.69) is 19.1 Å². The van der Waals surface area contributed by atoms with Crippen LogP contribution in [0.15, 0.2) is 24.2 Å². The lowest BCUT2D eigenvalue weighted by Crippen LogP contribution is -1.83. The summed E-state index contributed by atoms with van der Waals surface area (Å²) in [6.45, 7) is 2.29. The van der Waals surface area contributed by atoms with Gasteiger partial charge in [-0.25, -0.2) is 0 Å². The molecular weight excluding hydrogens is 256 g/mol. The first-order valence-corrected chi connectivity index (χ1v) is 9.47. The number of hydrogen-bond donors (Lipinski definition) is 0. The predicted octanol–water partition coefficient (Wildman–Crippen LogP) is 7.29. The van der Waals surface area contributed by atoms with E-state index in [9.17, 15) is 0 Å². The van der Waals surface area contributed by atoms with Gasteiger partial charge in [0.1, 0.15) is 6.26 Å². The Morgan fingerprint density at radius 1 is 0.714 bits per heavy atom. The Labute approximate surface area is 132 Å². The third-order valence-electron chi connectivity index (χ3n) is 4.26. The molecule has 0 unspecified atom stereocenters. The molecule has 1 aliphatic rings. The minimum absolute atomic E-state index is 1.04. The molecule has 0 amide bonds. The number of hydrogen-bond acceptors (Lipinski definition) is 1. The van der Waals surface area contributed by atoms with E-state index in [-0.39, 0.29) is 0 Å². The van der Waals surface area contributed by atoms with Gasteiger partial charge >= 0.3 is 0 Å². The standard InChI is InChI=1S/C20H36O/c1-2-3-4-5-6-7-8-9-10-11-12-13-14-15-16-17-18-20-19-21-20/h17-19H,2-16H2,1H3. The molecule has 1 rings (SSSR count). The summed E-state index contributed by atoms with van der Waals surface area (Å²) in [5, 5.41) is 0. The maximum absolute atomic E-state index is 4.94. The summed E-state index contributed by atoms with van der Waals surface area (Å²) in [4.78, 5) is 0. The Morgan fingerprint density at radius 3 is 1.57 bits per heavy atom. The lowest BCUT2D eigenvalue weighted by atomic mass is 10.0. The summed E-state index contributed by atoms with van der Waals surface area (Å²) >= 11 is 0. The van der Waals surface area contributed by atoms with Crippen molar-refractivity contribution in [2.75, 3.05) is 0 Å². The van der Waals surface area contributed by atoms with Gasteiger partial charge in [-0.3, -0.25) is 0 Å². The number of allylic oxidation sites excluding steroid dienone is 2. The average molecular weight is 293 g/mol. The van der Waals surface area contributed by atoms with Crippen LogP contribution in [0.25, 0.3) is 0 Å². The molecular formula is C20H36O. The van der Waals surface area contributed by atoms with E-state index in [1.165, 1.54) is 96.3 Å². The third kappa shape index (κ3) is 14.0. The van der Waals surface area contributed by atoms with Gasteiger partial charge in [0.15, 0.2) is 5.76 Å². The Hall–Kier alpha value is -0.720. The third-order valence-corrected chi connectivity index (χ3v) is 4.26. The minimum atomic E-state index is 1.04. The SMILES string of the molecule is CCCCCCCCCCCCCCCCC=CC1=CO1. The first-order chi connectivity index (χ1) is 10.4. The molecule has 1 aliphatic heterocycles. The smallest absolute Gasteiger partial charge is 0.161 e. The van der Waals surface area contributed by atoms with Crippen LogP contribution in [0.3, 0.4) is 0 Å². The van der Waals surface area contributed by atoms with E-state index in [1.54, 1.807) is 6.26 Å². The predicted molar refractivity (Wildman–Crippen MR) is 93.2 cm³/mol. The van der Waals surface area contributed by atoms with Gasteiger partial charge in [-0.2, -0.15) is 0 Å². The largest absolute Gasteiger partial charge is 0.458 e. The Balaban J connectivity index is 1.64. The fourth-order valence-electron chi connectivity index (χ4n) is 2.77. The molecule has 0 fully saturated rings. The van der Waals surface area contributed by atoms with Crippen LogP contribution in [0.4, 0.5) is 0 Å². The van der Waals surface area contributed by atoms with Crippen molar-refractivity contribution in [1.29, 1.82) is 0 Å². The van der Waals surface area contributed by atoms with Crippen LogP contribution in [0, 0.1) is 0 Å². The zero-order valence-electron chi connectivity index (χ0n) is 14.2. The van der Waals surface area contributed by atoms with Crippen molar-refractivity contribution in [3.63, 3.8) is 0 Å². The molecule has 0 aliphatic carbocycles. The first-order valence-electron chi connectivity index (χ1n) is 9.47. The summed E-state index contributed by atoms with van der Waals surface area (Å²) in [5.41, 5.74) is 0. The summed E-state index contributed by atoms with van der Waals surface area (Å²) in [5.74, 6) is 1.04. The second-order valence-electron chi connectivity index (χ2n) is 6.43. The van der Waals surface area contributed by atoms with E-state index in [1.807, 2.05) is 0 Å². The van der Waals surface area contributed by atoms with Crippen LogP contribution >= 0.6 is 0 Å². The van der Waals surface area contributed by atoms with Crippen molar-refractivity contribution in [3.05, 3.63) is 24.2 Å². The van der Waals surface area contributed by atoms with Gasteiger partial charge in [-0.1, -0.05) is 96.5 Å². The molecule has 0 saturated heterocycles. The maximum Gasteiger partial charge on any atom is 0.161 e. The van der Waals surface area contributed by atoms with Crippen LogP contribution in [0.2, 0.25) is 0 Å². The molecule has 122 valence electrons. The Kier molecular flexibility index (Phi) is 12.4. The average Bonchev–Trinajstić information content (AvgIpc) is 3.31. The van der Waals surface area contributed by atoms with Crippen molar-refractivity contribution in [2.24, 2.45) is 0 Å². The Morgan fingerprint density at radius 2 is 1.14 bits per heavy atom. The second-order valence-corrected chi connectivity index (χ2v) is 6.43. The fraction of sp³-hybridized carbons (Fsp3) is 0.800. The highest BCUT2D eigenvalue weighted by atomic mass is 16.5. The number of ether oxygens (including phenoxy) is 1. The minimum Gasteiger partial charge on any atom is -0.458 e. The Bertz CT molecular complexity index is 278. The van der Waals surface area contributed by atoms with Crippen LogP contribution in [0.5, 0.6) is 0 Å². The van der Waals surface area contributed by atoms with Crippen LogP contribution in [-0.2, 0) is 4.74 Å². The molecule has 0 spiro atoms. The highest BCUT2D eigenvalue weighted by Crippen LogP contribution is 2.16. The molecule has 0 atom stereocenters. The molecule has 1 nitrogen and oxygen atoms in total. The normalized spacial score (nSPS) is 13.5. The van der Waals surface area contributed by atoms with Gasteiger partial charge < -0.3 is 4.74 Å². The summed E-state index contributed by atoms with van der Waals surface area (Å²) < 4.78 is 4.94. The molecule has 0 radical (unpaired) electrons. The maximum atomic E-state index is 4.94. The van der Waals surface area contributed by atoms with Gasteiger partial charge in [0.25, 0.3) is 0 Å². The van der Waals surface area contributed by atoms with Gasteiger partial charge in [0, 0.05) is 0 Å². The summed E-state index contributed by atoms with van der Waals surface area (Å²) in [6.07, 6.45) is 27.4. The summed E-state index contributed by atoms with van der Waals surface area (Å²) in [6, 6.07) is 0. The molecule has 0 aromatic carbocycles. The molecule has 0 saturated carbocycles. The van der Waals surface area contributed by atoms with Crippen molar-refractivity contribution < 1.29 is 4.74 Å². The van der Waals surface area contributed by atoms with Crippen LogP contribution < -0.4 is 0 Å². The topological polar surface area (TPSA) is 12.5 Å². The molecule has 0 N–H and O–H groups in total. The van der Waals surface area contributed by atoms with Crippen LogP contribution in [0.1, 0.15) is 103 Å². The molecule has 0 bridgehead atoms. The highest BCUT2D eigenvalue weighted by molar-refractivity contribution is 5.19. The van der Waals surface area contributed by atoms with Gasteiger partial charge in [-0.15, -0.1) is 0 Å².